The maximum absolute atomic E-state index is 11.1. The molecule has 0 aromatic rings. The van der Waals surface area contributed by atoms with Crippen LogP contribution >= 0.6 is 0 Å². The van der Waals surface area contributed by atoms with E-state index in [-0.39, 0.29) is 6.09 Å². The number of ether oxygens (including phenoxy) is 2. The quantitative estimate of drug-likeness (QED) is 0.382. The monoisotopic (exact) mass is 243 g/mol. The number of carbonyl (C=O) groups is 2. The predicted octanol–water partition coefficient (Wildman–Crippen LogP) is 2.02. The van der Waals surface area contributed by atoms with Crippen LogP contribution < -0.4 is 5.32 Å². The van der Waals surface area contributed by atoms with Gasteiger partial charge in [0.05, 0.1) is 13.2 Å². The van der Waals surface area contributed by atoms with Crippen LogP contribution in [0.1, 0.15) is 32.6 Å². The Bertz CT molecular complexity index is 241. The zero-order valence-corrected chi connectivity index (χ0v) is 10.4. The van der Waals surface area contributed by atoms with Crippen molar-refractivity contribution in [3.05, 3.63) is 12.7 Å². The number of hydrogen-bond acceptors (Lipinski definition) is 4. The van der Waals surface area contributed by atoms with Crippen molar-refractivity contribution in [3.8, 4) is 0 Å². The third-order valence-corrected chi connectivity index (χ3v) is 1.98. The number of rotatable bonds is 9. The molecule has 17 heavy (non-hydrogen) atoms. The summed E-state index contributed by atoms with van der Waals surface area (Å²) in [5, 5.41) is 2.62. The van der Waals surface area contributed by atoms with Crippen molar-refractivity contribution >= 4 is 12.1 Å². The molecule has 98 valence electrons. The Morgan fingerprint density at radius 2 is 1.88 bits per heavy atom. The molecular weight excluding hydrogens is 222 g/mol. The van der Waals surface area contributed by atoms with E-state index in [9.17, 15) is 9.59 Å². The Morgan fingerprint density at radius 3 is 2.53 bits per heavy atom. The fourth-order valence-electron chi connectivity index (χ4n) is 1.01. The van der Waals surface area contributed by atoms with Crippen molar-refractivity contribution in [1.29, 1.82) is 0 Å². The van der Waals surface area contributed by atoms with Crippen LogP contribution in [0, 0.1) is 0 Å². The second-order valence-corrected chi connectivity index (χ2v) is 3.49. The summed E-state index contributed by atoms with van der Waals surface area (Å²) in [4.78, 5) is 21.7. The molecule has 0 fully saturated rings. The van der Waals surface area contributed by atoms with Crippen LogP contribution in [0.2, 0.25) is 0 Å². The molecule has 0 heterocycles. The molecule has 1 amide bonds. The summed E-state index contributed by atoms with van der Waals surface area (Å²) in [5.41, 5.74) is 0. The third kappa shape index (κ3) is 10.8. The lowest BCUT2D eigenvalue weighted by atomic mass is 10.3. The van der Waals surface area contributed by atoms with Crippen molar-refractivity contribution in [2.45, 2.75) is 32.6 Å². The molecule has 0 unspecified atom stereocenters. The van der Waals surface area contributed by atoms with E-state index in [0.29, 0.717) is 26.2 Å². The SMILES string of the molecule is C=CC(=O)OCCCCNC(=O)OCCCC. The van der Waals surface area contributed by atoms with Crippen LogP contribution in [-0.4, -0.2) is 31.8 Å². The summed E-state index contributed by atoms with van der Waals surface area (Å²) in [6, 6.07) is 0. The number of amides is 1. The van der Waals surface area contributed by atoms with Gasteiger partial charge < -0.3 is 14.8 Å². The highest BCUT2D eigenvalue weighted by Gasteiger charge is 2.00. The molecule has 5 nitrogen and oxygen atoms in total. The number of alkyl carbamates (subject to hydrolysis) is 1. The fourth-order valence-corrected chi connectivity index (χ4v) is 1.01. The molecule has 0 bridgehead atoms. The molecule has 0 aromatic carbocycles. The first-order valence-corrected chi connectivity index (χ1v) is 5.90. The first kappa shape index (κ1) is 15.5. The number of carbonyl (C=O) groups excluding carboxylic acids is 2. The van der Waals surface area contributed by atoms with E-state index in [2.05, 4.69) is 11.9 Å². The van der Waals surface area contributed by atoms with Gasteiger partial charge in [0.25, 0.3) is 0 Å². The molecule has 0 aliphatic rings. The highest BCUT2D eigenvalue weighted by Crippen LogP contribution is 1.91. The van der Waals surface area contributed by atoms with Crippen molar-refractivity contribution in [1.82, 2.24) is 5.32 Å². The van der Waals surface area contributed by atoms with Gasteiger partial charge in [-0.3, -0.25) is 0 Å². The summed E-state index contributed by atoms with van der Waals surface area (Å²) in [7, 11) is 0. The van der Waals surface area contributed by atoms with Gasteiger partial charge in [0.1, 0.15) is 0 Å². The Morgan fingerprint density at radius 1 is 1.18 bits per heavy atom. The van der Waals surface area contributed by atoms with Crippen LogP contribution in [0.25, 0.3) is 0 Å². The minimum Gasteiger partial charge on any atom is -0.463 e. The van der Waals surface area contributed by atoms with E-state index < -0.39 is 5.97 Å². The molecule has 0 aromatic heterocycles. The first-order valence-electron chi connectivity index (χ1n) is 5.90. The van der Waals surface area contributed by atoms with Crippen molar-refractivity contribution in [2.24, 2.45) is 0 Å². The van der Waals surface area contributed by atoms with Crippen LogP contribution in [0.4, 0.5) is 4.79 Å². The van der Waals surface area contributed by atoms with E-state index in [4.69, 9.17) is 9.47 Å². The van der Waals surface area contributed by atoms with Gasteiger partial charge in [-0.2, -0.15) is 0 Å². The van der Waals surface area contributed by atoms with E-state index in [0.717, 1.165) is 25.3 Å². The largest absolute Gasteiger partial charge is 0.463 e. The van der Waals surface area contributed by atoms with Gasteiger partial charge in [-0.25, -0.2) is 9.59 Å². The van der Waals surface area contributed by atoms with Crippen LogP contribution in [-0.2, 0) is 14.3 Å². The van der Waals surface area contributed by atoms with E-state index >= 15 is 0 Å². The number of hydrogen-bond donors (Lipinski definition) is 1. The lowest BCUT2D eigenvalue weighted by Gasteiger charge is -2.06. The van der Waals surface area contributed by atoms with Gasteiger partial charge in [-0.05, 0) is 19.3 Å². The normalized spacial score (nSPS) is 9.47. The summed E-state index contributed by atoms with van der Waals surface area (Å²) in [5.74, 6) is -0.420. The van der Waals surface area contributed by atoms with Gasteiger partial charge in [-0.1, -0.05) is 19.9 Å². The predicted molar refractivity (Wildman–Crippen MR) is 64.6 cm³/mol. The average molecular weight is 243 g/mol. The van der Waals surface area contributed by atoms with Crippen molar-refractivity contribution in [3.63, 3.8) is 0 Å². The minimum atomic E-state index is -0.420. The Kier molecular flexibility index (Phi) is 10.00. The van der Waals surface area contributed by atoms with Gasteiger partial charge in [-0.15, -0.1) is 0 Å². The lowest BCUT2D eigenvalue weighted by Crippen LogP contribution is -2.25. The Labute approximate surface area is 102 Å². The molecule has 0 saturated carbocycles. The molecule has 5 heteroatoms. The van der Waals surface area contributed by atoms with Gasteiger partial charge in [0.15, 0.2) is 0 Å². The van der Waals surface area contributed by atoms with Gasteiger partial charge in [0, 0.05) is 12.6 Å². The smallest absolute Gasteiger partial charge is 0.407 e. The summed E-state index contributed by atoms with van der Waals surface area (Å²) in [6.07, 6.45) is 4.07. The molecule has 0 radical (unpaired) electrons. The van der Waals surface area contributed by atoms with E-state index in [1.165, 1.54) is 0 Å². The van der Waals surface area contributed by atoms with E-state index in [1.54, 1.807) is 0 Å². The summed E-state index contributed by atoms with van der Waals surface area (Å²) in [6.45, 7) is 6.65. The van der Waals surface area contributed by atoms with Gasteiger partial charge >= 0.3 is 12.1 Å². The topological polar surface area (TPSA) is 64.6 Å². The second kappa shape index (κ2) is 11.0. The van der Waals surface area contributed by atoms with Crippen LogP contribution in [0.15, 0.2) is 12.7 Å². The highest BCUT2D eigenvalue weighted by molar-refractivity contribution is 5.81. The van der Waals surface area contributed by atoms with Crippen LogP contribution in [0.5, 0.6) is 0 Å². The van der Waals surface area contributed by atoms with Crippen LogP contribution in [0.3, 0.4) is 0 Å². The molecule has 0 aliphatic carbocycles. The number of esters is 1. The molecule has 0 spiro atoms. The molecule has 0 atom stereocenters. The van der Waals surface area contributed by atoms with E-state index in [1.807, 2.05) is 6.92 Å². The van der Waals surface area contributed by atoms with Crippen molar-refractivity contribution < 1.29 is 19.1 Å². The molecule has 0 rings (SSSR count). The fraction of sp³-hybridized carbons (Fsp3) is 0.667. The average Bonchev–Trinajstić information content (AvgIpc) is 2.33. The molecule has 1 N–H and O–H groups in total. The summed E-state index contributed by atoms with van der Waals surface area (Å²) >= 11 is 0. The maximum Gasteiger partial charge on any atom is 0.407 e. The highest BCUT2D eigenvalue weighted by atomic mass is 16.5. The number of nitrogens with one attached hydrogen (secondary N) is 1. The third-order valence-electron chi connectivity index (χ3n) is 1.98. The number of unbranched alkanes of at least 4 members (excludes halogenated alkanes) is 2. The molecular formula is C12H21NO4. The lowest BCUT2D eigenvalue weighted by molar-refractivity contribution is -0.137. The molecule has 0 aliphatic heterocycles. The summed E-state index contributed by atoms with van der Waals surface area (Å²) < 4.78 is 9.67. The minimum absolute atomic E-state index is 0.345. The molecule has 0 saturated heterocycles. The standard InChI is InChI=1S/C12H21NO4/c1-3-5-9-17-12(15)13-8-6-7-10-16-11(14)4-2/h4H,2-3,5-10H2,1H3,(H,13,15). The Balaban J connectivity index is 3.24. The zero-order chi connectivity index (χ0) is 12.9. The van der Waals surface area contributed by atoms with Gasteiger partial charge in [0.2, 0.25) is 0 Å². The maximum atomic E-state index is 11.1. The second-order valence-electron chi connectivity index (χ2n) is 3.49. The Hall–Kier alpha value is -1.52. The first-order chi connectivity index (χ1) is 8.20. The van der Waals surface area contributed by atoms with Crippen molar-refractivity contribution in [2.75, 3.05) is 19.8 Å². The zero-order valence-electron chi connectivity index (χ0n) is 10.4.